The highest BCUT2D eigenvalue weighted by molar-refractivity contribution is 5.62. The number of phenols is 1. The SMILES string of the molecule is CC(=O)O.Cc1ccc(O)cc1.OC1CCNC1. The number of phenolic OH excluding ortho intramolecular Hbond substituents is 1. The molecule has 4 N–H and O–H groups in total. The lowest BCUT2D eigenvalue weighted by Crippen LogP contribution is -2.11. The summed E-state index contributed by atoms with van der Waals surface area (Å²) in [6, 6.07) is 7.09. The number of nitrogens with one attached hydrogen (secondary N) is 1. The summed E-state index contributed by atoms with van der Waals surface area (Å²) in [5.74, 6) is -0.504. The van der Waals surface area contributed by atoms with E-state index in [1.54, 1.807) is 12.1 Å². The summed E-state index contributed by atoms with van der Waals surface area (Å²) in [6.07, 6.45) is 0.866. The van der Waals surface area contributed by atoms with E-state index in [0.717, 1.165) is 26.4 Å². The topological polar surface area (TPSA) is 89.8 Å². The number of hydrogen-bond acceptors (Lipinski definition) is 4. The lowest BCUT2D eigenvalue weighted by Gasteiger charge is -1.90. The molecule has 0 radical (unpaired) electrons. The monoisotopic (exact) mass is 255 g/mol. The van der Waals surface area contributed by atoms with Gasteiger partial charge < -0.3 is 20.6 Å². The van der Waals surface area contributed by atoms with Crippen molar-refractivity contribution in [2.45, 2.75) is 26.4 Å². The van der Waals surface area contributed by atoms with Crippen molar-refractivity contribution in [2.24, 2.45) is 0 Å². The number of aryl methyl sites for hydroxylation is 1. The highest BCUT2D eigenvalue weighted by atomic mass is 16.4. The zero-order valence-corrected chi connectivity index (χ0v) is 10.8. The van der Waals surface area contributed by atoms with Crippen molar-refractivity contribution in [3.63, 3.8) is 0 Å². The van der Waals surface area contributed by atoms with Gasteiger partial charge in [-0.15, -0.1) is 0 Å². The van der Waals surface area contributed by atoms with Crippen LogP contribution >= 0.6 is 0 Å². The van der Waals surface area contributed by atoms with Crippen molar-refractivity contribution in [1.29, 1.82) is 0 Å². The summed E-state index contributed by atoms with van der Waals surface area (Å²) < 4.78 is 0. The van der Waals surface area contributed by atoms with Gasteiger partial charge in [-0.3, -0.25) is 4.79 Å². The first-order valence-electron chi connectivity index (χ1n) is 5.75. The summed E-state index contributed by atoms with van der Waals surface area (Å²) in [4.78, 5) is 9.00. The van der Waals surface area contributed by atoms with Gasteiger partial charge in [-0.2, -0.15) is 0 Å². The molecule has 0 aromatic heterocycles. The van der Waals surface area contributed by atoms with Crippen LogP contribution in [0.3, 0.4) is 0 Å². The number of aromatic hydroxyl groups is 1. The molecule has 1 unspecified atom stereocenters. The maximum Gasteiger partial charge on any atom is 0.300 e. The van der Waals surface area contributed by atoms with Crippen LogP contribution in [0.15, 0.2) is 24.3 Å². The Bertz CT molecular complexity index is 306. The predicted molar refractivity (Wildman–Crippen MR) is 69.6 cm³/mol. The van der Waals surface area contributed by atoms with E-state index in [2.05, 4.69) is 5.32 Å². The van der Waals surface area contributed by atoms with Crippen LogP contribution in [0.5, 0.6) is 5.75 Å². The van der Waals surface area contributed by atoms with Crippen molar-refractivity contribution in [3.8, 4) is 5.75 Å². The Hall–Kier alpha value is -1.59. The third kappa shape index (κ3) is 10.9. The van der Waals surface area contributed by atoms with Crippen LogP contribution in [0.1, 0.15) is 18.9 Å². The number of β-amino-alcohol motifs (C(OH)–C–C–N with tert-alkyl or cyclic N) is 1. The van der Waals surface area contributed by atoms with E-state index in [9.17, 15) is 0 Å². The molecule has 1 heterocycles. The summed E-state index contributed by atoms with van der Waals surface area (Å²) in [5.41, 5.74) is 1.17. The second kappa shape index (κ2) is 9.44. The van der Waals surface area contributed by atoms with Gasteiger partial charge in [-0.1, -0.05) is 17.7 Å². The highest BCUT2D eigenvalue weighted by Crippen LogP contribution is 2.07. The van der Waals surface area contributed by atoms with Crippen LogP contribution in [0.2, 0.25) is 0 Å². The smallest absolute Gasteiger partial charge is 0.300 e. The lowest BCUT2D eigenvalue weighted by molar-refractivity contribution is -0.134. The van der Waals surface area contributed by atoms with Gasteiger partial charge in [0.1, 0.15) is 5.75 Å². The van der Waals surface area contributed by atoms with E-state index in [0.29, 0.717) is 5.75 Å². The maximum absolute atomic E-state index is 9.00. The number of rotatable bonds is 0. The Morgan fingerprint density at radius 1 is 1.33 bits per heavy atom. The molecular weight excluding hydrogens is 234 g/mol. The molecule has 5 nitrogen and oxygen atoms in total. The Morgan fingerprint density at radius 2 is 1.83 bits per heavy atom. The van der Waals surface area contributed by atoms with E-state index >= 15 is 0 Å². The fourth-order valence-electron chi connectivity index (χ4n) is 1.18. The van der Waals surface area contributed by atoms with Gasteiger partial charge in [0.15, 0.2) is 0 Å². The molecule has 1 aliphatic rings. The average molecular weight is 255 g/mol. The number of carboxylic acids is 1. The Labute approximate surface area is 107 Å². The number of hydrogen-bond donors (Lipinski definition) is 4. The molecule has 5 heteroatoms. The van der Waals surface area contributed by atoms with Crippen LogP contribution < -0.4 is 5.32 Å². The van der Waals surface area contributed by atoms with Crippen molar-refractivity contribution >= 4 is 5.97 Å². The van der Waals surface area contributed by atoms with Gasteiger partial charge in [-0.05, 0) is 32.0 Å². The minimum Gasteiger partial charge on any atom is -0.508 e. The van der Waals surface area contributed by atoms with E-state index in [1.165, 1.54) is 5.56 Å². The summed E-state index contributed by atoms with van der Waals surface area (Å²) in [6.45, 7) is 4.85. The summed E-state index contributed by atoms with van der Waals surface area (Å²) in [7, 11) is 0. The molecule has 0 spiro atoms. The predicted octanol–water partition coefficient (Wildman–Crippen LogP) is 1.13. The highest BCUT2D eigenvalue weighted by Gasteiger charge is 2.08. The molecule has 1 atom stereocenters. The molecular formula is C13H21NO4. The number of benzene rings is 1. The second-order valence-electron chi connectivity index (χ2n) is 4.00. The van der Waals surface area contributed by atoms with Gasteiger partial charge in [0.2, 0.25) is 0 Å². The number of aliphatic hydroxyl groups is 1. The summed E-state index contributed by atoms with van der Waals surface area (Å²) >= 11 is 0. The minimum atomic E-state index is -0.833. The average Bonchev–Trinajstić information content (AvgIpc) is 2.74. The van der Waals surface area contributed by atoms with Crippen LogP contribution in [0.25, 0.3) is 0 Å². The first-order chi connectivity index (χ1) is 8.41. The zero-order chi connectivity index (χ0) is 14.0. The van der Waals surface area contributed by atoms with Gasteiger partial charge in [-0.25, -0.2) is 0 Å². The van der Waals surface area contributed by atoms with Crippen molar-refractivity contribution in [2.75, 3.05) is 13.1 Å². The first-order valence-corrected chi connectivity index (χ1v) is 5.75. The van der Waals surface area contributed by atoms with Gasteiger partial charge in [0.05, 0.1) is 6.10 Å². The van der Waals surface area contributed by atoms with Crippen LogP contribution in [-0.2, 0) is 4.79 Å². The van der Waals surface area contributed by atoms with Crippen molar-refractivity contribution < 1.29 is 20.1 Å². The molecule has 18 heavy (non-hydrogen) atoms. The lowest BCUT2D eigenvalue weighted by atomic mass is 10.2. The largest absolute Gasteiger partial charge is 0.508 e. The Morgan fingerprint density at radius 3 is 2.06 bits per heavy atom. The Kier molecular flexibility index (Phi) is 8.61. The molecule has 0 amide bonds. The summed E-state index contributed by atoms with van der Waals surface area (Å²) in [5, 5.41) is 27.9. The fourth-order valence-corrected chi connectivity index (χ4v) is 1.18. The zero-order valence-electron chi connectivity index (χ0n) is 10.8. The number of carbonyl (C=O) groups is 1. The van der Waals surface area contributed by atoms with E-state index in [4.69, 9.17) is 20.1 Å². The van der Waals surface area contributed by atoms with Gasteiger partial charge in [0, 0.05) is 13.5 Å². The molecule has 1 aromatic carbocycles. The third-order valence-corrected chi connectivity index (χ3v) is 2.07. The molecule has 102 valence electrons. The molecule has 0 bridgehead atoms. The molecule has 1 aromatic rings. The van der Waals surface area contributed by atoms with E-state index < -0.39 is 5.97 Å². The third-order valence-electron chi connectivity index (χ3n) is 2.07. The molecule has 1 aliphatic heterocycles. The quantitative estimate of drug-likeness (QED) is 0.558. The first kappa shape index (κ1) is 16.4. The fraction of sp³-hybridized carbons (Fsp3) is 0.462. The Balaban J connectivity index is 0.000000257. The molecule has 1 fully saturated rings. The van der Waals surface area contributed by atoms with E-state index in [-0.39, 0.29) is 6.10 Å². The van der Waals surface area contributed by atoms with Gasteiger partial charge >= 0.3 is 0 Å². The van der Waals surface area contributed by atoms with Crippen LogP contribution in [-0.4, -0.2) is 40.5 Å². The number of aliphatic hydroxyl groups excluding tert-OH is 1. The number of aliphatic carboxylic acids is 1. The van der Waals surface area contributed by atoms with Crippen molar-refractivity contribution in [3.05, 3.63) is 29.8 Å². The minimum absolute atomic E-state index is 0.0648. The normalized spacial score (nSPS) is 16.9. The maximum atomic E-state index is 9.00. The number of carboxylic acid groups (broad SMARTS) is 1. The van der Waals surface area contributed by atoms with E-state index in [1.807, 2.05) is 19.1 Å². The standard InChI is InChI=1S/C7H8O.C4H9NO.C2H4O2/c1-6-2-4-7(8)5-3-6;6-4-1-2-5-3-4;1-2(3)4/h2-5,8H,1H3;4-6H,1-3H2;1H3,(H,3,4). The van der Waals surface area contributed by atoms with Gasteiger partial charge in [0.25, 0.3) is 5.97 Å². The molecule has 1 saturated heterocycles. The molecule has 2 rings (SSSR count). The second-order valence-corrected chi connectivity index (χ2v) is 4.00. The molecule has 0 saturated carbocycles. The molecule has 0 aliphatic carbocycles. The van der Waals surface area contributed by atoms with Crippen LogP contribution in [0, 0.1) is 6.92 Å². The van der Waals surface area contributed by atoms with Crippen LogP contribution in [0.4, 0.5) is 0 Å². The van der Waals surface area contributed by atoms with Crippen molar-refractivity contribution in [1.82, 2.24) is 5.32 Å².